The number of carbonyl (C=O) groups excluding carboxylic acids is 2. The van der Waals surface area contributed by atoms with Crippen LogP contribution in [0.25, 0.3) is 0 Å². The monoisotopic (exact) mass is 437 g/mol. The van der Waals surface area contributed by atoms with Crippen molar-refractivity contribution in [1.29, 1.82) is 0 Å². The number of aryl methyl sites for hydroxylation is 2. The van der Waals surface area contributed by atoms with Crippen LogP contribution in [0.3, 0.4) is 0 Å². The molecule has 1 unspecified atom stereocenters. The van der Waals surface area contributed by atoms with Gasteiger partial charge in [-0.15, -0.1) is 0 Å². The molecule has 32 heavy (non-hydrogen) atoms. The Morgan fingerprint density at radius 3 is 2.16 bits per heavy atom. The lowest BCUT2D eigenvalue weighted by molar-refractivity contribution is -0.137. The van der Waals surface area contributed by atoms with Crippen LogP contribution in [0.5, 0.6) is 0 Å². The molecule has 7 heteroatoms. The Bertz CT molecular complexity index is 938. The average Bonchev–Trinajstić information content (AvgIpc) is 3.15. The normalized spacial score (nSPS) is 18.6. The van der Waals surface area contributed by atoms with Crippen molar-refractivity contribution in [3.63, 3.8) is 0 Å². The molecule has 2 saturated heterocycles. The highest BCUT2D eigenvalue weighted by Crippen LogP contribution is 2.16. The zero-order valence-corrected chi connectivity index (χ0v) is 19.6. The minimum absolute atomic E-state index is 0.0670. The Morgan fingerprint density at radius 1 is 0.906 bits per heavy atom. The fraction of sp³-hybridized carbons (Fsp3) is 0.560. The molecule has 2 fully saturated rings. The van der Waals surface area contributed by atoms with Crippen LogP contribution >= 0.6 is 0 Å². The predicted octanol–water partition coefficient (Wildman–Crippen LogP) is 2.71. The van der Waals surface area contributed by atoms with Gasteiger partial charge in [0.25, 0.3) is 5.91 Å². The second-order valence-electron chi connectivity index (χ2n) is 9.17. The van der Waals surface area contributed by atoms with E-state index in [4.69, 9.17) is 0 Å². The number of rotatable bonds is 5. The second kappa shape index (κ2) is 9.86. The van der Waals surface area contributed by atoms with Gasteiger partial charge in [0, 0.05) is 50.5 Å². The highest BCUT2D eigenvalue weighted by molar-refractivity contribution is 5.94. The fourth-order valence-electron chi connectivity index (χ4n) is 4.79. The Morgan fingerprint density at radius 2 is 1.56 bits per heavy atom. The third-order valence-corrected chi connectivity index (χ3v) is 6.81. The predicted molar refractivity (Wildman–Crippen MR) is 125 cm³/mol. The smallest absolute Gasteiger partial charge is 0.253 e. The Hall–Kier alpha value is -2.67. The quantitative estimate of drug-likeness (QED) is 0.722. The van der Waals surface area contributed by atoms with Gasteiger partial charge in [-0.1, -0.05) is 12.1 Å². The van der Waals surface area contributed by atoms with Crippen LogP contribution < -0.4 is 0 Å². The number of hydrogen-bond donors (Lipinski definition) is 0. The molecule has 4 rings (SSSR count). The number of benzene rings is 1. The maximum Gasteiger partial charge on any atom is 0.253 e. The summed E-state index contributed by atoms with van der Waals surface area (Å²) in [5.41, 5.74) is 3.99. The van der Waals surface area contributed by atoms with E-state index < -0.39 is 0 Å². The first-order chi connectivity index (χ1) is 15.4. The number of hydrogen-bond acceptors (Lipinski definition) is 4. The third-order valence-electron chi connectivity index (χ3n) is 6.81. The summed E-state index contributed by atoms with van der Waals surface area (Å²) in [5.74, 6) is 0.306. The first-order valence-electron chi connectivity index (χ1n) is 11.8. The van der Waals surface area contributed by atoms with Crippen molar-refractivity contribution in [3.8, 4) is 0 Å². The first-order valence-corrected chi connectivity index (χ1v) is 11.8. The van der Waals surface area contributed by atoms with E-state index in [1.807, 2.05) is 52.6 Å². The van der Waals surface area contributed by atoms with Gasteiger partial charge in [0.05, 0.1) is 18.3 Å². The number of likely N-dealkylation sites (tertiary alicyclic amines) is 1. The molecule has 1 aromatic heterocycles. The average molecular weight is 438 g/mol. The molecule has 7 nitrogen and oxygen atoms in total. The summed E-state index contributed by atoms with van der Waals surface area (Å²) < 4.78 is 1.98. The number of nitrogens with zero attached hydrogens (tertiary/aromatic N) is 5. The molecule has 0 radical (unpaired) electrons. The molecule has 1 atom stereocenters. The van der Waals surface area contributed by atoms with Gasteiger partial charge in [0.1, 0.15) is 0 Å². The van der Waals surface area contributed by atoms with Gasteiger partial charge in [-0.05, 0) is 63.8 Å². The lowest BCUT2D eigenvalue weighted by atomic mass is 10.1. The Balaban J connectivity index is 1.30. The summed E-state index contributed by atoms with van der Waals surface area (Å²) in [6.45, 7) is 11.3. The summed E-state index contributed by atoms with van der Waals surface area (Å²) in [6, 6.07) is 9.81. The summed E-state index contributed by atoms with van der Waals surface area (Å²) in [7, 11) is 0. The molecular weight excluding hydrogens is 402 g/mol. The van der Waals surface area contributed by atoms with E-state index >= 15 is 0 Å². The van der Waals surface area contributed by atoms with Crippen LogP contribution in [0.2, 0.25) is 0 Å². The van der Waals surface area contributed by atoms with Crippen molar-refractivity contribution >= 4 is 11.8 Å². The van der Waals surface area contributed by atoms with Crippen molar-refractivity contribution in [1.82, 2.24) is 24.5 Å². The van der Waals surface area contributed by atoms with E-state index in [-0.39, 0.29) is 17.9 Å². The van der Waals surface area contributed by atoms with Gasteiger partial charge in [-0.2, -0.15) is 5.10 Å². The maximum absolute atomic E-state index is 13.0. The van der Waals surface area contributed by atoms with Crippen molar-refractivity contribution in [2.24, 2.45) is 0 Å². The van der Waals surface area contributed by atoms with E-state index in [0.29, 0.717) is 25.2 Å². The van der Waals surface area contributed by atoms with Crippen molar-refractivity contribution < 1.29 is 9.59 Å². The van der Waals surface area contributed by atoms with Crippen LogP contribution in [0.4, 0.5) is 0 Å². The van der Waals surface area contributed by atoms with Crippen LogP contribution in [0.1, 0.15) is 53.5 Å². The topological polar surface area (TPSA) is 61.7 Å². The number of piperidine rings is 1. The molecule has 0 bridgehead atoms. The molecular formula is C25H35N5O2. The molecule has 0 saturated carbocycles. The third kappa shape index (κ3) is 5.04. The summed E-state index contributed by atoms with van der Waals surface area (Å²) >= 11 is 0. The molecule has 2 aliphatic heterocycles. The summed E-state index contributed by atoms with van der Waals surface area (Å²) in [6.07, 6.45) is 3.45. The van der Waals surface area contributed by atoms with Gasteiger partial charge >= 0.3 is 0 Å². The highest BCUT2D eigenvalue weighted by Gasteiger charge is 2.30. The minimum Gasteiger partial charge on any atom is -0.341 e. The number of aromatic nitrogens is 2. The SMILES string of the molecule is Cc1cc(C)n(Cc2ccc(C(=O)N3CCN(C(C)C(=O)N4CCCCC4)CC3)cc2)n1. The fourth-order valence-corrected chi connectivity index (χ4v) is 4.79. The van der Waals surface area contributed by atoms with E-state index in [2.05, 4.69) is 23.0 Å². The molecule has 3 heterocycles. The van der Waals surface area contributed by atoms with Crippen molar-refractivity contribution in [2.45, 2.75) is 52.6 Å². The van der Waals surface area contributed by atoms with Crippen molar-refractivity contribution in [3.05, 3.63) is 52.8 Å². The van der Waals surface area contributed by atoms with Crippen LogP contribution in [0.15, 0.2) is 30.3 Å². The molecule has 0 spiro atoms. The highest BCUT2D eigenvalue weighted by atomic mass is 16.2. The Labute approximate surface area is 191 Å². The molecule has 0 aliphatic carbocycles. The standard InChI is InChI=1S/C25H35N5O2/c1-19-17-20(2)30(26-19)18-22-7-9-23(10-8-22)25(32)29-15-13-27(14-16-29)21(3)24(31)28-11-5-4-6-12-28/h7-10,17,21H,4-6,11-16,18H2,1-3H3. The van der Waals surface area contributed by atoms with Crippen molar-refractivity contribution in [2.75, 3.05) is 39.3 Å². The molecule has 2 amide bonds. The van der Waals surface area contributed by atoms with E-state index in [0.717, 1.165) is 56.0 Å². The first kappa shape index (κ1) is 22.5. The van der Waals surface area contributed by atoms with E-state index in [1.165, 1.54) is 6.42 Å². The van der Waals surface area contributed by atoms with Gasteiger partial charge in [-0.3, -0.25) is 19.2 Å². The van der Waals surface area contributed by atoms with Crippen LogP contribution in [-0.4, -0.2) is 81.6 Å². The molecule has 0 N–H and O–H groups in total. The van der Waals surface area contributed by atoms with Gasteiger partial charge in [0.15, 0.2) is 0 Å². The van der Waals surface area contributed by atoms with Gasteiger partial charge in [0.2, 0.25) is 5.91 Å². The van der Waals surface area contributed by atoms with Crippen LogP contribution in [-0.2, 0) is 11.3 Å². The number of piperazine rings is 1. The molecule has 2 aromatic rings. The van der Waals surface area contributed by atoms with Gasteiger partial charge in [-0.25, -0.2) is 0 Å². The number of amides is 2. The summed E-state index contributed by atoms with van der Waals surface area (Å²) in [5, 5.41) is 4.51. The zero-order chi connectivity index (χ0) is 22.7. The number of carbonyl (C=O) groups is 2. The van der Waals surface area contributed by atoms with E-state index in [9.17, 15) is 9.59 Å². The van der Waals surface area contributed by atoms with Gasteiger partial charge < -0.3 is 9.80 Å². The molecule has 172 valence electrons. The van der Waals surface area contributed by atoms with Crippen LogP contribution in [0, 0.1) is 13.8 Å². The zero-order valence-electron chi connectivity index (χ0n) is 19.6. The second-order valence-corrected chi connectivity index (χ2v) is 9.17. The summed E-state index contributed by atoms with van der Waals surface area (Å²) in [4.78, 5) is 32.0. The maximum atomic E-state index is 13.0. The largest absolute Gasteiger partial charge is 0.341 e. The molecule has 1 aromatic carbocycles. The minimum atomic E-state index is -0.112. The lowest BCUT2D eigenvalue weighted by Gasteiger charge is -2.39. The Kier molecular flexibility index (Phi) is 6.94. The lowest BCUT2D eigenvalue weighted by Crippen LogP contribution is -2.56. The van der Waals surface area contributed by atoms with E-state index in [1.54, 1.807) is 0 Å². The molecule has 2 aliphatic rings.